The predicted molar refractivity (Wildman–Crippen MR) is 116 cm³/mol. The molecule has 0 bridgehead atoms. The van der Waals surface area contributed by atoms with Crippen molar-refractivity contribution >= 4 is 33.7 Å². The molecule has 31 heavy (non-hydrogen) atoms. The summed E-state index contributed by atoms with van der Waals surface area (Å²) in [6.07, 6.45) is 2.42. The van der Waals surface area contributed by atoms with Crippen LogP contribution >= 0.6 is 11.6 Å². The fraction of sp³-hybridized carbons (Fsp3) is 0.286. The van der Waals surface area contributed by atoms with Crippen LogP contribution in [0.25, 0.3) is 5.69 Å². The van der Waals surface area contributed by atoms with E-state index in [1.54, 1.807) is 20.0 Å². The second-order valence-electron chi connectivity index (χ2n) is 8.18. The van der Waals surface area contributed by atoms with E-state index in [9.17, 15) is 13.6 Å². The van der Waals surface area contributed by atoms with E-state index in [-0.39, 0.29) is 28.8 Å². The van der Waals surface area contributed by atoms with Crippen LogP contribution in [0.15, 0.2) is 29.3 Å². The Morgan fingerprint density at radius 1 is 1.10 bits per heavy atom. The van der Waals surface area contributed by atoms with Gasteiger partial charge in [0.1, 0.15) is 5.82 Å². The summed E-state index contributed by atoms with van der Waals surface area (Å²) in [6, 6.07) is 2.15. The molecule has 0 radical (unpaired) electrons. The molecule has 0 aromatic carbocycles. The van der Waals surface area contributed by atoms with Gasteiger partial charge >= 0.3 is 177 Å². The van der Waals surface area contributed by atoms with Gasteiger partial charge in [0.15, 0.2) is 0 Å². The summed E-state index contributed by atoms with van der Waals surface area (Å²) in [6.45, 7) is 2.92. The summed E-state index contributed by atoms with van der Waals surface area (Å²) < 4.78 is 49.3. The second-order valence-corrected chi connectivity index (χ2v) is 22.8. The van der Waals surface area contributed by atoms with Crippen LogP contribution in [0.5, 0.6) is 5.75 Å². The van der Waals surface area contributed by atoms with E-state index in [2.05, 4.69) is 9.97 Å². The Morgan fingerprint density at radius 3 is 2.39 bits per heavy atom. The molecule has 164 valence electrons. The average Bonchev–Trinajstić information content (AvgIpc) is 2.66. The Kier molecular flexibility index (Phi) is 6.71. The fourth-order valence-corrected chi connectivity index (χ4v) is 6.82. The molecular weight excluding hydrogens is 537 g/mol. The third-order valence-electron chi connectivity index (χ3n) is 4.66. The Hall–Kier alpha value is -2.07. The number of hydrogen-bond acceptors (Lipinski definition) is 4. The predicted octanol–water partition coefficient (Wildman–Crippen LogP) is 4.44. The van der Waals surface area contributed by atoms with Gasteiger partial charge in [0.2, 0.25) is 0 Å². The number of aryl methyl sites for hydroxylation is 2. The van der Waals surface area contributed by atoms with Crippen molar-refractivity contribution in [2.75, 3.05) is 0 Å². The molecule has 0 aliphatic rings. The van der Waals surface area contributed by atoms with E-state index < -0.39 is 41.4 Å². The van der Waals surface area contributed by atoms with Crippen molar-refractivity contribution in [3.63, 3.8) is 0 Å². The first-order valence-corrected chi connectivity index (χ1v) is 19.8. The SMILES string of the molecule is Cc1cn[c]([Sn]([CH3])([CH3])[CH3])c(F)c1-n1c(C)cc(OCc2ncc(F)cc2F)c(Cl)c1=O. The third-order valence-corrected chi connectivity index (χ3v) is 10.1. The molecule has 3 heterocycles. The van der Waals surface area contributed by atoms with Crippen LogP contribution < -0.4 is 14.0 Å². The molecule has 0 amide bonds. The van der Waals surface area contributed by atoms with Gasteiger partial charge in [-0.15, -0.1) is 0 Å². The van der Waals surface area contributed by atoms with Crippen LogP contribution in [0.3, 0.4) is 0 Å². The van der Waals surface area contributed by atoms with E-state index in [0.29, 0.717) is 21.0 Å². The maximum absolute atomic E-state index is 15.4. The summed E-state index contributed by atoms with van der Waals surface area (Å²) in [5.41, 5.74) is 0.161. The van der Waals surface area contributed by atoms with Crippen molar-refractivity contribution in [2.24, 2.45) is 0 Å². The van der Waals surface area contributed by atoms with Crippen LogP contribution in [-0.4, -0.2) is 32.9 Å². The summed E-state index contributed by atoms with van der Waals surface area (Å²) in [5, 5.41) is -0.287. The summed E-state index contributed by atoms with van der Waals surface area (Å²) in [5.74, 6) is -2.22. The number of nitrogens with zero attached hydrogens (tertiary/aromatic N) is 3. The minimum atomic E-state index is -2.90. The Balaban J connectivity index is 2.06. The normalized spacial score (nSPS) is 11.6. The fourth-order valence-electron chi connectivity index (χ4n) is 3.12. The van der Waals surface area contributed by atoms with Crippen molar-refractivity contribution in [3.05, 3.63) is 74.3 Å². The third kappa shape index (κ3) is 4.74. The number of hydrogen-bond donors (Lipinski definition) is 0. The number of ether oxygens (including phenoxy) is 1. The molecule has 0 saturated carbocycles. The van der Waals surface area contributed by atoms with Crippen molar-refractivity contribution in [2.45, 2.75) is 35.3 Å². The van der Waals surface area contributed by atoms with Gasteiger partial charge in [-0.3, -0.25) is 0 Å². The van der Waals surface area contributed by atoms with Gasteiger partial charge in [-0.1, -0.05) is 0 Å². The molecule has 0 saturated heterocycles. The molecule has 0 aliphatic carbocycles. The van der Waals surface area contributed by atoms with E-state index >= 15 is 4.39 Å². The molecular formula is C21H21ClF3N3O2Sn. The summed E-state index contributed by atoms with van der Waals surface area (Å²) in [4.78, 5) is 27.1. The molecule has 10 heteroatoms. The van der Waals surface area contributed by atoms with Gasteiger partial charge in [-0.25, -0.2) is 4.39 Å². The van der Waals surface area contributed by atoms with E-state index in [0.717, 1.165) is 6.20 Å². The van der Waals surface area contributed by atoms with Gasteiger partial charge in [0.25, 0.3) is 0 Å². The topological polar surface area (TPSA) is 57.0 Å². The van der Waals surface area contributed by atoms with Crippen LogP contribution in [0.4, 0.5) is 13.2 Å². The molecule has 0 unspecified atom stereocenters. The molecule has 5 nitrogen and oxygen atoms in total. The maximum atomic E-state index is 15.4. The number of pyridine rings is 3. The monoisotopic (exact) mass is 559 g/mol. The molecule has 0 aliphatic heterocycles. The number of halogens is 4. The van der Waals surface area contributed by atoms with Gasteiger partial charge < -0.3 is 0 Å². The standard InChI is InChI=1S/C18H12ClF3N3O2.3CH3.Sn/c1-9-5-23-7-13(22)17(9)25-10(2)3-15(16(19)18(25)26)27-8-14-12(21)4-11(20)6-24-14;;;;/h3-6H,8H2,1-2H3;3*1H3;. The van der Waals surface area contributed by atoms with Crippen LogP contribution in [0, 0.1) is 31.3 Å². The summed E-state index contributed by atoms with van der Waals surface area (Å²) in [7, 11) is 0. The number of rotatable bonds is 5. The molecule has 0 atom stereocenters. The molecule has 0 spiro atoms. The zero-order valence-electron chi connectivity index (χ0n) is 17.7. The average molecular weight is 559 g/mol. The first-order chi connectivity index (χ1) is 14.4. The molecule has 3 rings (SSSR count). The molecule has 3 aromatic rings. The van der Waals surface area contributed by atoms with Crippen molar-refractivity contribution in [3.8, 4) is 11.4 Å². The van der Waals surface area contributed by atoms with Gasteiger partial charge in [-0.2, -0.15) is 0 Å². The van der Waals surface area contributed by atoms with Gasteiger partial charge in [0, 0.05) is 0 Å². The number of aromatic nitrogens is 3. The van der Waals surface area contributed by atoms with Gasteiger partial charge in [-0.05, 0) is 0 Å². The van der Waals surface area contributed by atoms with Crippen molar-refractivity contribution < 1.29 is 17.9 Å². The molecule has 0 N–H and O–H groups in total. The molecule has 0 fully saturated rings. The Labute approximate surface area is 186 Å². The quantitative estimate of drug-likeness (QED) is 0.435. The van der Waals surface area contributed by atoms with Crippen molar-refractivity contribution in [1.82, 2.24) is 14.5 Å². The first kappa shape index (κ1) is 23.6. The zero-order valence-corrected chi connectivity index (χ0v) is 21.3. The van der Waals surface area contributed by atoms with E-state index in [1.807, 2.05) is 14.8 Å². The van der Waals surface area contributed by atoms with Gasteiger partial charge in [0.05, 0.1) is 0 Å². The zero-order chi connectivity index (χ0) is 23.1. The first-order valence-electron chi connectivity index (χ1n) is 9.42. The van der Waals surface area contributed by atoms with Crippen LogP contribution in [0.1, 0.15) is 17.0 Å². The van der Waals surface area contributed by atoms with E-state index in [4.69, 9.17) is 16.3 Å². The van der Waals surface area contributed by atoms with Crippen molar-refractivity contribution in [1.29, 1.82) is 0 Å². The molecule has 3 aromatic heterocycles. The Bertz CT molecular complexity index is 1230. The minimum absolute atomic E-state index is 0.00622. The van der Waals surface area contributed by atoms with Crippen LogP contribution in [-0.2, 0) is 6.61 Å². The van der Waals surface area contributed by atoms with Crippen LogP contribution in [0.2, 0.25) is 19.8 Å². The Morgan fingerprint density at radius 2 is 1.77 bits per heavy atom. The van der Waals surface area contributed by atoms with E-state index in [1.165, 1.54) is 10.6 Å². The second kappa shape index (κ2) is 8.82. The summed E-state index contributed by atoms with van der Waals surface area (Å²) >= 11 is 3.33.